The standard InChI is InChI=1S/C19H21NS/c1-2-7-19(16(4-1)13-20-17-9-10-17)21-18-11-8-14-5-3-6-15(14)12-18/h1-2,4,7-8,11-12,17,20H,3,5-6,9-10,13H2. The first-order valence-corrected chi connectivity index (χ1v) is 8.81. The summed E-state index contributed by atoms with van der Waals surface area (Å²) >= 11 is 1.91. The van der Waals surface area contributed by atoms with Crippen LogP contribution >= 0.6 is 11.8 Å². The van der Waals surface area contributed by atoms with E-state index in [1.165, 1.54) is 47.5 Å². The van der Waals surface area contributed by atoms with E-state index in [2.05, 4.69) is 47.8 Å². The molecule has 0 heterocycles. The quantitative estimate of drug-likeness (QED) is 0.866. The normalized spacial score (nSPS) is 17.0. The van der Waals surface area contributed by atoms with Crippen molar-refractivity contribution in [2.24, 2.45) is 0 Å². The highest BCUT2D eigenvalue weighted by Gasteiger charge is 2.20. The van der Waals surface area contributed by atoms with Gasteiger partial charge in [-0.25, -0.2) is 0 Å². The zero-order valence-electron chi connectivity index (χ0n) is 12.3. The van der Waals surface area contributed by atoms with Gasteiger partial charge < -0.3 is 5.32 Å². The van der Waals surface area contributed by atoms with Gasteiger partial charge in [0.05, 0.1) is 0 Å². The van der Waals surface area contributed by atoms with Gasteiger partial charge in [0.25, 0.3) is 0 Å². The van der Waals surface area contributed by atoms with E-state index in [-0.39, 0.29) is 0 Å². The Morgan fingerprint density at radius 3 is 2.76 bits per heavy atom. The fourth-order valence-electron chi connectivity index (χ4n) is 3.03. The van der Waals surface area contributed by atoms with Crippen molar-refractivity contribution in [2.75, 3.05) is 0 Å². The minimum absolute atomic E-state index is 0.767. The maximum absolute atomic E-state index is 3.63. The number of benzene rings is 2. The third kappa shape index (κ3) is 3.17. The monoisotopic (exact) mass is 295 g/mol. The molecule has 0 saturated heterocycles. The Kier molecular flexibility index (Phi) is 3.74. The molecular weight excluding hydrogens is 274 g/mol. The molecule has 0 aliphatic heterocycles. The molecule has 21 heavy (non-hydrogen) atoms. The molecule has 2 aliphatic rings. The average molecular weight is 295 g/mol. The van der Waals surface area contributed by atoms with Gasteiger partial charge in [0, 0.05) is 22.4 Å². The van der Waals surface area contributed by atoms with E-state index in [0.717, 1.165) is 12.6 Å². The summed E-state index contributed by atoms with van der Waals surface area (Å²) < 4.78 is 0. The lowest BCUT2D eigenvalue weighted by Gasteiger charge is -2.11. The van der Waals surface area contributed by atoms with Gasteiger partial charge in [0.15, 0.2) is 0 Å². The topological polar surface area (TPSA) is 12.0 Å². The lowest BCUT2D eigenvalue weighted by atomic mass is 10.1. The molecule has 0 radical (unpaired) electrons. The first-order chi connectivity index (χ1) is 10.4. The van der Waals surface area contributed by atoms with Gasteiger partial charge in [-0.1, -0.05) is 36.0 Å². The second-order valence-corrected chi connectivity index (χ2v) is 7.26. The third-order valence-electron chi connectivity index (χ3n) is 4.43. The molecule has 1 nitrogen and oxygen atoms in total. The lowest BCUT2D eigenvalue weighted by Crippen LogP contribution is -2.15. The fourth-order valence-corrected chi connectivity index (χ4v) is 4.04. The van der Waals surface area contributed by atoms with Gasteiger partial charge in [-0.3, -0.25) is 0 Å². The summed E-state index contributed by atoms with van der Waals surface area (Å²) in [5, 5.41) is 3.63. The van der Waals surface area contributed by atoms with Gasteiger partial charge >= 0.3 is 0 Å². The predicted octanol–water partition coefficient (Wildman–Crippen LogP) is 4.58. The maximum atomic E-state index is 3.63. The number of nitrogens with one attached hydrogen (secondary N) is 1. The molecule has 108 valence electrons. The van der Waals surface area contributed by atoms with E-state index in [4.69, 9.17) is 0 Å². The third-order valence-corrected chi connectivity index (χ3v) is 5.54. The van der Waals surface area contributed by atoms with Crippen LogP contribution in [0.5, 0.6) is 0 Å². The molecule has 0 atom stereocenters. The SMILES string of the molecule is c1ccc(Sc2ccc3c(c2)CCC3)c(CNC2CC2)c1. The highest BCUT2D eigenvalue weighted by molar-refractivity contribution is 7.99. The molecule has 0 unspecified atom stereocenters. The Hall–Kier alpha value is -1.25. The van der Waals surface area contributed by atoms with Crippen LogP contribution in [-0.2, 0) is 19.4 Å². The highest BCUT2D eigenvalue weighted by atomic mass is 32.2. The van der Waals surface area contributed by atoms with Crippen LogP contribution in [0, 0.1) is 0 Å². The summed E-state index contributed by atoms with van der Waals surface area (Å²) in [6, 6.07) is 16.6. The largest absolute Gasteiger partial charge is 0.310 e. The number of fused-ring (bicyclic) bond motifs is 1. The number of rotatable bonds is 5. The molecule has 1 saturated carbocycles. The van der Waals surface area contributed by atoms with Crippen molar-refractivity contribution in [1.29, 1.82) is 0 Å². The van der Waals surface area contributed by atoms with Crippen molar-refractivity contribution in [3.8, 4) is 0 Å². The molecule has 2 aliphatic carbocycles. The van der Waals surface area contributed by atoms with Crippen LogP contribution in [0.1, 0.15) is 36.0 Å². The van der Waals surface area contributed by atoms with Crippen molar-refractivity contribution < 1.29 is 0 Å². The molecule has 1 N–H and O–H groups in total. The number of hydrogen-bond donors (Lipinski definition) is 1. The second-order valence-electron chi connectivity index (χ2n) is 6.15. The van der Waals surface area contributed by atoms with Gasteiger partial charge in [-0.05, 0) is 67.0 Å². The maximum Gasteiger partial charge on any atom is 0.0219 e. The van der Waals surface area contributed by atoms with Crippen LogP contribution in [0.15, 0.2) is 52.3 Å². The van der Waals surface area contributed by atoms with E-state index < -0.39 is 0 Å². The first kappa shape index (κ1) is 13.4. The van der Waals surface area contributed by atoms with Crippen molar-refractivity contribution >= 4 is 11.8 Å². The van der Waals surface area contributed by atoms with Crippen molar-refractivity contribution in [3.05, 3.63) is 59.2 Å². The summed E-state index contributed by atoms with van der Waals surface area (Å²) in [5.41, 5.74) is 4.55. The summed E-state index contributed by atoms with van der Waals surface area (Å²) in [6.07, 6.45) is 6.54. The fraction of sp³-hybridized carbons (Fsp3) is 0.368. The van der Waals surface area contributed by atoms with Crippen LogP contribution < -0.4 is 5.32 Å². The Balaban J connectivity index is 1.53. The van der Waals surface area contributed by atoms with E-state index in [1.54, 1.807) is 11.1 Å². The zero-order valence-corrected chi connectivity index (χ0v) is 13.1. The minimum atomic E-state index is 0.767. The minimum Gasteiger partial charge on any atom is -0.310 e. The van der Waals surface area contributed by atoms with Gasteiger partial charge in [-0.15, -0.1) is 0 Å². The summed E-state index contributed by atoms with van der Waals surface area (Å²) in [7, 11) is 0. The second kappa shape index (κ2) is 5.86. The van der Waals surface area contributed by atoms with E-state index >= 15 is 0 Å². The van der Waals surface area contributed by atoms with Crippen molar-refractivity contribution in [2.45, 2.75) is 54.5 Å². The predicted molar refractivity (Wildman–Crippen MR) is 88.9 cm³/mol. The van der Waals surface area contributed by atoms with Crippen LogP contribution in [0.25, 0.3) is 0 Å². The Morgan fingerprint density at radius 1 is 1.00 bits per heavy atom. The highest BCUT2D eigenvalue weighted by Crippen LogP contribution is 2.34. The van der Waals surface area contributed by atoms with Gasteiger partial charge in [0.2, 0.25) is 0 Å². The molecule has 0 amide bonds. The van der Waals surface area contributed by atoms with Crippen LogP contribution in [0.4, 0.5) is 0 Å². The summed E-state index contributed by atoms with van der Waals surface area (Å²) in [6.45, 7) is 0.999. The molecule has 1 fully saturated rings. The number of aryl methyl sites for hydroxylation is 2. The Bertz CT molecular complexity index is 646. The molecule has 2 heteroatoms. The Labute approximate surface area is 131 Å². The molecule has 2 aromatic rings. The van der Waals surface area contributed by atoms with E-state index in [0.29, 0.717) is 0 Å². The summed E-state index contributed by atoms with van der Waals surface area (Å²) in [4.78, 5) is 2.78. The molecule has 0 spiro atoms. The van der Waals surface area contributed by atoms with Crippen LogP contribution in [-0.4, -0.2) is 6.04 Å². The van der Waals surface area contributed by atoms with Crippen LogP contribution in [0.2, 0.25) is 0 Å². The molecule has 4 rings (SSSR count). The van der Waals surface area contributed by atoms with Crippen LogP contribution in [0.3, 0.4) is 0 Å². The van der Waals surface area contributed by atoms with Gasteiger partial charge in [-0.2, -0.15) is 0 Å². The molecule has 0 aromatic heterocycles. The number of hydrogen-bond acceptors (Lipinski definition) is 2. The molecule has 2 aromatic carbocycles. The first-order valence-electron chi connectivity index (χ1n) is 7.99. The molecule has 0 bridgehead atoms. The Morgan fingerprint density at radius 2 is 1.86 bits per heavy atom. The smallest absolute Gasteiger partial charge is 0.0219 e. The molecular formula is C19H21NS. The average Bonchev–Trinajstić information content (AvgIpc) is 3.22. The van der Waals surface area contributed by atoms with Crippen molar-refractivity contribution in [1.82, 2.24) is 5.32 Å². The van der Waals surface area contributed by atoms with E-state index in [9.17, 15) is 0 Å². The zero-order chi connectivity index (χ0) is 14.1. The van der Waals surface area contributed by atoms with E-state index in [1.807, 2.05) is 11.8 Å². The lowest BCUT2D eigenvalue weighted by molar-refractivity contribution is 0.680. The van der Waals surface area contributed by atoms with Gasteiger partial charge in [0.1, 0.15) is 0 Å². The summed E-state index contributed by atoms with van der Waals surface area (Å²) in [5.74, 6) is 0. The van der Waals surface area contributed by atoms with Crippen molar-refractivity contribution in [3.63, 3.8) is 0 Å².